The van der Waals surface area contributed by atoms with Gasteiger partial charge in [0, 0.05) is 16.2 Å². The average molecular weight is 401 g/mol. The largest absolute Gasteiger partial charge is 0.478 e. The van der Waals surface area contributed by atoms with Crippen LogP contribution in [0.15, 0.2) is 39.3 Å². The molecule has 2 aromatic rings. The van der Waals surface area contributed by atoms with Crippen molar-refractivity contribution in [1.82, 2.24) is 4.98 Å². The van der Waals surface area contributed by atoms with E-state index >= 15 is 0 Å². The molecule has 6 heteroatoms. The molecule has 0 saturated carbocycles. The first kappa shape index (κ1) is 15.0. The quantitative estimate of drug-likeness (QED) is 0.810. The molecule has 20 heavy (non-hydrogen) atoms. The summed E-state index contributed by atoms with van der Waals surface area (Å²) in [6.07, 6.45) is 0.638. The van der Waals surface area contributed by atoms with Crippen LogP contribution in [0.2, 0.25) is 0 Å². The first-order valence-corrected chi connectivity index (χ1v) is 7.45. The van der Waals surface area contributed by atoms with Gasteiger partial charge in [-0.2, -0.15) is 0 Å². The Hall–Kier alpha value is -1.40. The first-order chi connectivity index (χ1) is 9.49. The van der Waals surface area contributed by atoms with Crippen molar-refractivity contribution in [3.63, 3.8) is 0 Å². The third-order valence-corrected chi connectivity index (χ3v) is 3.69. The van der Waals surface area contributed by atoms with Crippen LogP contribution in [0.5, 0.6) is 11.6 Å². The number of pyridine rings is 1. The smallest absolute Gasteiger partial charge is 0.335 e. The normalized spacial score (nSPS) is 10.3. The molecule has 1 heterocycles. The van der Waals surface area contributed by atoms with Crippen LogP contribution in [0.25, 0.3) is 0 Å². The zero-order chi connectivity index (χ0) is 14.7. The second-order valence-electron chi connectivity index (χ2n) is 4.02. The van der Waals surface area contributed by atoms with Crippen LogP contribution in [-0.2, 0) is 6.42 Å². The maximum Gasteiger partial charge on any atom is 0.335 e. The minimum Gasteiger partial charge on any atom is -0.478 e. The number of carboxylic acid groups (broad SMARTS) is 1. The summed E-state index contributed by atoms with van der Waals surface area (Å²) in [5.74, 6) is -0.156. The number of benzene rings is 1. The molecule has 0 saturated heterocycles. The number of hydrogen-bond donors (Lipinski definition) is 1. The van der Waals surface area contributed by atoms with E-state index in [-0.39, 0.29) is 11.4 Å². The number of aromatic nitrogens is 1. The average Bonchev–Trinajstić information content (AvgIpc) is 2.41. The van der Waals surface area contributed by atoms with E-state index in [4.69, 9.17) is 9.84 Å². The molecule has 0 bridgehead atoms. The van der Waals surface area contributed by atoms with Gasteiger partial charge in [-0.15, -0.1) is 0 Å². The lowest BCUT2D eigenvalue weighted by Gasteiger charge is -2.09. The fourth-order valence-electron chi connectivity index (χ4n) is 1.59. The number of aromatic carboxylic acids is 1. The van der Waals surface area contributed by atoms with Crippen molar-refractivity contribution in [3.8, 4) is 11.6 Å². The molecule has 0 aliphatic rings. The van der Waals surface area contributed by atoms with Gasteiger partial charge in [-0.25, -0.2) is 9.78 Å². The minimum atomic E-state index is -0.998. The summed E-state index contributed by atoms with van der Waals surface area (Å²) in [5.41, 5.74) is 0.841. The SMILES string of the molecule is CCc1cc(C(=O)O)cc(Oc2ccc(Br)cc2Br)n1. The van der Waals surface area contributed by atoms with Gasteiger partial charge >= 0.3 is 5.97 Å². The van der Waals surface area contributed by atoms with E-state index in [0.29, 0.717) is 17.9 Å². The number of halogens is 2. The molecule has 0 radical (unpaired) electrons. The number of carboxylic acids is 1. The lowest BCUT2D eigenvalue weighted by atomic mass is 10.2. The second-order valence-corrected chi connectivity index (χ2v) is 5.79. The predicted molar refractivity (Wildman–Crippen MR) is 82.5 cm³/mol. The molecular formula is C14H11Br2NO3. The van der Waals surface area contributed by atoms with E-state index in [1.165, 1.54) is 6.07 Å². The fourth-order valence-corrected chi connectivity index (χ4v) is 2.72. The molecule has 1 aromatic heterocycles. The van der Waals surface area contributed by atoms with Crippen molar-refractivity contribution in [3.05, 3.63) is 50.5 Å². The summed E-state index contributed by atoms with van der Waals surface area (Å²) in [4.78, 5) is 15.4. The van der Waals surface area contributed by atoms with Gasteiger partial charge in [0.1, 0.15) is 5.75 Å². The summed E-state index contributed by atoms with van der Waals surface area (Å²) in [6, 6.07) is 8.41. The Kier molecular flexibility index (Phi) is 4.77. The van der Waals surface area contributed by atoms with Gasteiger partial charge in [-0.1, -0.05) is 22.9 Å². The summed E-state index contributed by atoms with van der Waals surface area (Å²) in [5, 5.41) is 9.09. The van der Waals surface area contributed by atoms with Crippen molar-refractivity contribution in [2.24, 2.45) is 0 Å². The second kappa shape index (κ2) is 6.37. The summed E-state index contributed by atoms with van der Waals surface area (Å²) >= 11 is 6.74. The van der Waals surface area contributed by atoms with Gasteiger partial charge in [0.15, 0.2) is 0 Å². The molecular weight excluding hydrogens is 390 g/mol. The van der Waals surface area contributed by atoms with E-state index < -0.39 is 5.97 Å². The Balaban J connectivity index is 2.37. The van der Waals surface area contributed by atoms with Crippen LogP contribution in [0.4, 0.5) is 0 Å². The van der Waals surface area contributed by atoms with Gasteiger partial charge in [0.25, 0.3) is 0 Å². The molecule has 0 spiro atoms. The first-order valence-electron chi connectivity index (χ1n) is 5.86. The maximum atomic E-state index is 11.1. The van der Waals surface area contributed by atoms with Crippen LogP contribution < -0.4 is 4.74 Å². The fraction of sp³-hybridized carbons (Fsp3) is 0.143. The van der Waals surface area contributed by atoms with E-state index in [1.807, 2.05) is 19.1 Å². The van der Waals surface area contributed by atoms with Crippen LogP contribution in [0.1, 0.15) is 23.0 Å². The van der Waals surface area contributed by atoms with Crippen LogP contribution >= 0.6 is 31.9 Å². The van der Waals surface area contributed by atoms with E-state index in [2.05, 4.69) is 36.8 Å². The van der Waals surface area contributed by atoms with Crippen molar-refractivity contribution < 1.29 is 14.6 Å². The standard InChI is InChI=1S/C14H11Br2NO3/c1-2-10-5-8(14(18)19)6-13(17-10)20-12-4-3-9(15)7-11(12)16/h3-7H,2H2,1H3,(H,18,19). The lowest BCUT2D eigenvalue weighted by Crippen LogP contribution is -2.01. The van der Waals surface area contributed by atoms with Gasteiger partial charge in [-0.05, 0) is 46.6 Å². The van der Waals surface area contributed by atoms with Gasteiger partial charge in [0.05, 0.1) is 10.0 Å². The Morgan fingerprint density at radius 1 is 1.30 bits per heavy atom. The molecule has 0 unspecified atom stereocenters. The highest BCUT2D eigenvalue weighted by Gasteiger charge is 2.10. The molecule has 4 nitrogen and oxygen atoms in total. The topological polar surface area (TPSA) is 59.4 Å². The molecule has 0 atom stereocenters. The third-order valence-electron chi connectivity index (χ3n) is 2.57. The molecule has 1 N–H and O–H groups in total. The third kappa shape index (κ3) is 3.58. The zero-order valence-corrected chi connectivity index (χ0v) is 13.7. The van der Waals surface area contributed by atoms with Crippen LogP contribution in [0, 0.1) is 0 Å². The summed E-state index contributed by atoms with van der Waals surface area (Å²) in [7, 11) is 0. The van der Waals surface area contributed by atoms with E-state index in [0.717, 1.165) is 8.95 Å². The maximum absolute atomic E-state index is 11.1. The number of aryl methyl sites for hydroxylation is 1. The number of hydrogen-bond acceptors (Lipinski definition) is 3. The van der Waals surface area contributed by atoms with E-state index in [9.17, 15) is 4.79 Å². The Labute approximate surface area is 133 Å². The number of ether oxygens (including phenoxy) is 1. The van der Waals surface area contributed by atoms with Crippen molar-refractivity contribution >= 4 is 37.8 Å². The molecule has 0 amide bonds. The summed E-state index contributed by atoms with van der Waals surface area (Å²) in [6.45, 7) is 1.91. The predicted octanol–water partition coefficient (Wildman–Crippen LogP) is 4.66. The van der Waals surface area contributed by atoms with Crippen molar-refractivity contribution in [1.29, 1.82) is 0 Å². The molecule has 2 rings (SSSR count). The number of carbonyl (C=O) groups is 1. The molecule has 0 aliphatic heterocycles. The monoisotopic (exact) mass is 399 g/mol. The highest BCUT2D eigenvalue weighted by atomic mass is 79.9. The van der Waals surface area contributed by atoms with Gasteiger partial charge in [0.2, 0.25) is 5.88 Å². The van der Waals surface area contributed by atoms with Crippen LogP contribution in [0.3, 0.4) is 0 Å². The van der Waals surface area contributed by atoms with Gasteiger partial charge < -0.3 is 9.84 Å². The van der Waals surface area contributed by atoms with Gasteiger partial charge in [-0.3, -0.25) is 0 Å². The minimum absolute atomic E-state index is 0.167. The van der Waals surface area contributed by atoms with E-state index in [1.54, 1.807) is 12.1 Å². The number of nitrogens with zero attached hydrogens (tertiary/aromatic N) is 1. The molecule has 104 valence electrons. The molecule has 0 fully saturated rings. The Morgan fingerprint density at radius 3 is 2.65 bits per heavy atom. The molecule has 0 aliphatic carbocycles. The zero-order valence-electron chi connectivity index (χ0n) is 10.6. The highest BCUT2D eigenvalue weighted by Crippen LogP contribution is 2.31. The Bertz CT molecular complexity index is 659. The molecule has 1 aromatic carbocycles. The van der Waals surface area contributed by atoms with Crippen molar-refractivity contribution in [2.75, 3.05) is 0 Å². The lowest BCUT2D eigenvalue weighted by molar-refractivity contribution is 0.0696. The van der Waals surface area contributed by atoms with Crippen molar-refractivity contribution in [2.45, 2.75) is 13.3 Å². The summed E-state index contributed by atoms with van der Waals surface area (Å²) < 4.78 is 7.33. The van der Waals surface area contributed by atoms with Crippen LogP contribution in [-0.4, -0.2) is 16.1 Å². The Morgan fingerprint density at radius 2 is 2.05 bits per heavy atom. The number of rotatable bonds is 4. The highest BCUT2D eigenvalue weighted by molar-refractivity contribution is 9.11.